The van der Waals surface area contributed by atoms with E-state index in [0.29, 0.717) is 29.4 Å². The van der Waals surface area contributed by atoms with E-state index in [1.165, 1.54) is 93.6 Å². The van der Waals surface area contributed by atoms with Crippen LogP contribution in [0.5, 0.6) is 0 Å². The Morgan fingerprint density at radius 3 is 1.42 bits per heavy atom. The molecule has 6 aromatic carbocycles. The minimum atomic E-state index is 0.0651. The third-order valence-electron chi connectivity index (χ3n) is 12.4. The van der Waals surface area contributed by atoms with E-state index in [1.54, 1.807) is 0 Å². The van der Waals surface area contributed by atoms with Crippen LogP contribution in [-0.2, 0) is 0 Å². The molecule has 0 radical (unpaired) electrons. The van der Waals surface area contributed by atoms with Gasteiger partial charge in [-0.1, -0.05) is 104 Å². The second-order valence-corrected chi connectivity index (χ2v) is 16.8. The van der Waals surface area contributed by atoms with Gasteiger partial charge < -0.3 is 9.13 Å². The highest BCUT2D eigenvalue weighted by Gasteiger charge is 2.42. The van der Waals surface area contributed by atoms with E-state index < -0.39 is 0 Å². The van der Waals surface area contributed by atoms with Crippen molar-refractivity contribution in [1.82, 2.24) is 9.13 Å². The summed E-state index contributed by atoms with van der Waals surface area (Å²) in [5.41, 5.74) is 20.0. The smallest absolute Gasteiger partial charge is 0.252 e. The monoisotopic (exact) mass is 685 g/mol. The predicted molar refractivity (Wildman–Crippen MR) is 228 cm³/mol. The highest BCUT2D eigenvalue weighted by atomic mass is 15.0. The molecule has 2 aliphatic heterocycles. The van der Waals surface area contributed by atoms with Crippen LogP contribution < -0.4 is 16.4 Å². The van der Waals surface area contributed by atoms with Gasteiger partial charge in [0.25, 0.3) is 6.71 Å². The van der Waals surface area contributed by atoms with Crippen molar-refractivity contribution in [2.75, 3.05) is 0 Å². The standard InChI is InChI=1S/C49H44BN3/c1-26(2)30-14-16-43-36(18-30)38-20-32(28(5)6)22-40-48(38)52(43)45-24-34(35-12-10-11-13-42(35)51-9)25-46-47(45)50(40)41-23-33(29(7)8)21-39-37-19-31(27(3)4)15-17-44(37)53(46)49(39)41/h10-29H,1-8H3. The van der Waals surface area contributed by atoms with Crippen LogP contribution in [0, 0.1) is 6.57 Å². The number of benzene rings is 6. The van der Waals surface area contributed by atoms with Gasteiger partial charge >= 0.3 is 0 Å². The summed E-state index contributed by atoms with van der Waals surface area (Å²) in [4.78, 5) is 4.01. The van der Waals surface area contributed by atoms with Crippen LogP contribution in [0.15, 0.2) is 97.1 Å². The van der Waals surface area contributed by atoms with E-state index in [-0.39, 0.29) is 6.71 Å². The van der Waals surface area contributed by atoms with Gasteiger partial charge in [-0.05, 0) is 122 Å². The molecule has 4 heterocycles. The molecule has 2 aromatic heterocycles. The van der Waals surface area contributed by atoms with E-state index in [4.69, 9.17) is 6.57 Å². The lowest BCUT2D eigenvalue weighted by atomic mass is 9.34. The van der Waals surface area contributed by atoms with Gasteiger partial charge in [-0.15, -0.1) is 0 Å². The number of aromatic nitrogens is 2. The zero-order valence-corrected chi connectivity index (χ0v) is 32.0. The molecule has 0 bridgehead atoms. The van der Waals surface area contributed by atoms with Gasteiger partial charge in [0.1, 0.15) is 0 Å². The second-order valence-electron chi connectivity index (χ2n) is 16.8. The van der Waals surface area contributed by atoms with E-state index in [1.807, 2.05) is 12.1 Å². The molecular weight excluding hydrogens is 641 g/mol. The van der Waals surface area contributed by atoms with Crippen LogP contribution in [-0.4, -0.2) is 15.8 Å². The molecule has 4 heteroatoms. The van der Waals surface area contributed by atoms with Gasteiger partial charge in [0, 0.05) is 44.0 Å². The average Bonchev–Trinajstić information content (AvgIpc) is 3.67. The van der Waals surface area contributed by atoms with Crippen LogP contribution in [0.25, 0.3) is 71.0 Å². The number of para-hydroxylation sites is 1. The predicted octanol–water partition coefficient (Wildman–Crippen LogP) is 11.7. The Bertz CT molecular complexity index is 2760. The van der Waals surface area contributed by atoms with E-state index in [9.17, 15) is 0 Å². The molecule has 0 aliphatic carbocycles. The van der Waals surface area contributed by atoms with Crippen molar-refractivity contribution in [3.8, 4) is 22.5 Å². The quantitative estimate of drug-likeness (QED) is 0.126. The fraction of sp³-hybridized carbons (Fsp3) is 0.245. The third-order valence-corrected chi connectivity index (χ3v) is 12.4. The topological polar surface area (TPSA) is 14.2 Å². The van der Waals surface area contributed by atoms with Crippen LogP contribution >= 0.6 is 0 Å². The molecule has 3 nitrogen and oxygen atoms in total. The lowest BCUT2D eigenvalue weighted by Gasteiger charge is -2.35. The minimum Gasteiger partial charge on any atom is -0.310 e. The fourth-order valence-corrected chi connectivity index (χ4v) is 9.50. The average molecular weight is 686 g/mol. The number of rotatable bonds is 5. The Balaban J connectivity index is 1.46. The molecule has 10 rings (SSSR count). The molecule has 0 saturated carbocycles. The first-order valence-corrected chi connectivity index (χ1v) is 19.4. The molecule has 258 valence electrons. The van der Waals surface area contributed by atoms with Gasteiger partial charge in [-0.2, -0.15) is 0 Å². The van der Waals surface area contributed by atoms with Crippen molar-refractivity contribution in [3.63, 3.8) is 0 Å². The van der Waals surface area contributed by atoms with E-state index in [2.05, 4.69) is 154 Å². The van der Waals surface area contributed by atoms with Gasteiger partial charge in [0.2, 0.25) is 0 Å². The summed E-state index contributed by atoms with van der Waals surface area (Å²) in [7, 11) is 0. The van der Waals surface area contributed by atoms with Crippen LogP contribution in [0.1, 0.15) is 101 Å². The molecule has 0 N–H and O–H groups in total. The summed E-state index contributed by atoms with van der Waals surface area (Å²) in [5, 5.41) is 5.32. The summed E-state index contributed by atoms with van der Waals surface area (Å²) < 4.78 is 5.15. The zero-order valence-electron chi connectivity index (χ0n) is 32.0. The van der Waals surface area contributed by atoms with Crippen LogP contribution in [0.2, 0.25) is 0 Å². The summed E-state index contributed by atoms with van der Waals surface area (Å²) >= 11 is 0. The summed E-state index contributed by atoms with van der Waals surface area (Å²) in [6.45, 7) is 26.7. The minimum absolute atomic E-state index is 0.0651. The van der Waals surface area contributed by atoms with Crippen molar-refractivity contribution in [2.24, 2.45) is 0 Å². The first kappa shape index (κ1) is 32.2. The Morgan fingerprint density at radius 2 is 0.962 bits per heavy atom. The number of hydrogen-bond acceptors (Lipinski definition) is 0. The number of fused-ring (bicyclic) bond motifs is 10. The maximum absolute atomic E-state index is 8.14. The Labute approximate surface area is 312 Å². The molecular formula is C49H44BN3. The Kier molecular flexibility index (Phi) is 6.82. The maximum Gasteiger partial charge on any atom is 0.252 e. The maximum atomic E-state index is 8.14. The van der Waals surface area contributed by atoms with Crippen LogP contribution in [0.4, 0.5) is 5.69 Å². The molecule has 8 aromatic rings. The Hall–Kier alpha value is -5.53. The van der Waals surface area contributed by atoms with Crippen LogP contribution in [0.3, 0.4) is 0 Å². The SMILES string of the molecule is [C-]#[N+]c1ccccc1-c1cc2c3c(c1)-n1c4ccc(C(C)C)cc4c4cc(C(C)C)cc(c41)B3c1cc(C(C)C)cc3c4cc(C(C)C)ccc4n-2c13. The van der Waals surface area contributed by atoms with Gasteiger partial charge in [0.05, 0.1) is 17.6 Å². The number of nitrogens with zero attached hydrogens (tertiary/aromatic N) is 3. The van der Waals surface area contributed by atoms with E-state index >= 15 is 0 Å². The molecule has 0 atom stereocenters. The Morgan fingerprint density at radius 1 is 0.509 bits per heavy atom. The highest BCUT2D eigenvalue weighted by molar-refractivity contribution is 7.00. The molecule has 0 unspecified atom stereocenters. The largest absolute Gasteiger partial charge is 0.310 e. The molecule has 53 heavy (non-hydrogen) atoms. The highest BCUT2D eigenvalue weighted by Crippen LogP contribution is 2.44. The van der Waals surface area contributed by atoms with Gasteiger partial charge in [0.15, 0.2) is 5.69 Å². The lowest BCUT2D eigenvalue weighted by Crippen LogP contribution is -2.59. The van der Waals surface area contributed by atoms with Crippen molar-refractivity contribution >= 4 is 72.4 Å². The molecule has 0 fully saturated rings. The molecule has 2 aliphatic rings. The normalized spacial score (nSPS) is 13.2. The first-order valence-electron chi connectivity index (χ1n) is 19.4. The second kappa shape index (κ2) is 11.2. The summed E-state index contributed by atoms with van der Waals surface area (Å²) in [6, 6.07) is 37.2. The molecule has 0 amide bonds. The molecule has 0 spiro atoms. The first-order chi connectivity index (χ1) is 25.5. The van der Waals surface area contributed by atoms with Crippen molar-refractivity contribution in [3.05, 3.63) is 131 Å². The zero-order chi connectivity index (χ0) is 36.6. The van der Waals surface area contributed by atoms with Crippen molar-refractivity contribution in [1.29, 1.82) is 0 Å². The summed E-state index contributed by atoms with van der Waals surface area (Å²) in [6.07, 6.45) is 0. The van der Waals surface area contributed by atoms with Crippen molar-refractivity contribution < 1.29 is 0 Å². The van der Waals surface area contributed by atoms with E-state index in [0.717, 1.165) is 11.1 Å². The third kappa shape index (κ3) is 4.34. The molecule has 0 saturated heterocycles. The van der Waals surface area contributed by atoms with Crippen molar-refractivity contribution in [2.45, 2.75) is 79.1 Å². The summed E-state index contributed by atoms with van der Waals surface area (Å²) in [5.74, 6) is 1.65. The van der Waals surface area contributed by atoms with Gasteiger partial charge in [-0.25, -0.2) is 4.85 Å². The fourth-order valence-electron chi connectivity index (χ4n) is 9.50. The number of hydrogen-bond donors (Lipinski definition) is 0. The lowest BCUT2D eigenvalue weighted by molar-refractivity contribution is 0.868. The van der Waals surface area contributed by atoms with Gasteiger partial charge in [-0.3, -0.25) is 0 Å².